The van der Waals surface area contributed by atoms with Crippen molar-refractivity contribution >= 4 is 24.3 Å². The second-order valence-electron chi connectivity index (χ2n) is 3.45. The lowest BCUT2D eigenvalue weighted by atomic mass is 10.2. The SMILES string of the molecule is CCCCOC(=O)c1ccc([N+](=O)[O-])c(S)c1. The van der Waals surface area contributed by atoms with Crippen LogP contribution in [0.3, 0.4) is 0 Å². The molecule has 0 unspecified atom stereocenters. The summed E-state index contributed by atoms with van der Waals surface area (Å²) in [5.74, 6) is -0.483. The summed E-state index contributed by atoms with van der Waals surface area (Å²) < 4.78 is 4.98. The summed E-state index contributed by atoms with van der Waals surface area (Å²) in [5, 5.41) is 10.6. The zero-order chi connectivity index (χ0) is 12.8. The molecule has 0 saturated carbocycles. The van der Waals surface area contributed by atoms with Gasteiger partial charge in [0.2, 0.25) is 0 Å². The Kier molecular flexibility index (Phi) is 4.96. The van der Waals surface area contributed by atoms with E-state index in [9.17, 15) is 14.9 Å². The van der Waals surface area contributed by atoms with E-state index < -0.39 is 10.9 Å². The molecule has 0 aliphatic carbocycles. The third kappa shape index (κ3) is 3.74. The number of carbonyl (C=O) groups excluding carboxylic acids is 1. The number of nitrogens with zero attached hydrogens (tertiary/aromatic N) is 1. The average molecular weight is 255 g/mol. The van der Waals surface area contributed by atoms with Crippen LogP contribution in [0.15, 0.2) is 23.1 Å². The number of ether oxygens (including phenoxy) is 1. The van der Waals surface area contributed by atoms with Crippen molar-refractivity contribution in [2.45, 2.75) is 24.7 Å². The highest BCUT2D eigenvalue weighted by atomic mass is 32.1. The van der Waals surface area contributed by atoms with E-state index in [1.807, 2.05) is 6.92 Å². The van der Waals surface area contributed by atoms with Crippen LogP contribution in [0, 0.1) is 10.1 Å². The summed E-state index contributed by atoms with van der Waals surface area (Å²) in [4.78, 5) is 21.7. The molecule has 0 N–H and O–H groups in total. The van der Waals surface area contributed by atoms with E-state index >= 15 is 0 Å². The van der Waals surface area contributed by atoms with Crippen LogP contribution in [0.5, 0.6) is 0 Å². The molecule has 0 fully saturated rings. The molecule has 0 radical (unpaired) electrons. The van der Waals surface area contributed by atoms with Crippen molar-refractivity contribution in [3.63, 3.8) is 0 Å². The zero-order valence-electron chi connectivity index (χ0n) is 9.38. The van der Waals surface area contributed by atoms with Gasteiger partial charge in [-0.15, -0.1) is 12.6 Å². The van der Waals surface area contributed by atoms with E-state index in [1.165, 1.54) is 18.2 Å². The normalized spacial score (nSPS) is 10.0. The molecule has 6 heteroatoms. The molecular weight excluding hydrogens is 242 g/mol. The van der Waals surface area contributed by atoms with Crippen LogP contribution in [-0.2, 0) is 4.74 Å². The molecule has 1 rings (SSSR count). The van der Waals surface area contributed by atoms with E-state index in [-0.39, 0.29) is 16.1 Å². The Bertz CT molecular complexity index is 433. The molecule has 0 aliphatic rings. The fourth-order valence-corrected chi connectivity index (χ4v) is 1.49. The van der Waals surface area contributed by atoms with Crippen LogP contribution in [0.4, 0.5) is 5.69 Å². The van der Waals surface area contributed by atoms with Crippen molar-refractivity contribution in [2.75, 3.05) is 6.61 Å². The Balaban J connectivity index is 2.76. The fourth-order valence-electron chi connectivity index (χ4n) is 1.20. The van der Waals surface area contributed by atoms with Gasteiger partial charge in [-0.2, -0.15) is 0 Å². The Morgan fingerprint density at radius 3 is 2.76 bits per heavy atom. The van der Waals surface area contributed by atoms with Gasteiger partial charge in [-0.3, -0.25) is 10.1 Å². The maximum absolute atomic E-state index is 11.5. The second kappa shape index (κ2) is 6.24. The van der Waals surface area contributed by atoms with Crippen molar-refractivity contribution in [1.29, 1.82) is 0 Å². The third-order valence-electron chi connectivity index (χ3n) is 2.14. The number of carbonyl (C=O) groups is 1. The molecule has 0 saturated heterocycles. The summed E-state index contributed by atoms with van der Waals surface area (Å²) in [6.07, 6.45) is 1.73. The number of hydrogen-bond acceptors (Lipinski definition) is 5. The molecule has 0 heterocycles. The van der Waals surface area contributed by atoms with Crippen molar-refractivity contribution in [3.8, 4) is 0 Å². The highest BCUT2D eigenvalue weighted by Crippen LogP contribution is 2.23. The standard InChI is InChI=1S/C11H13NO4S/c1-2-3-6-16-11(13)8-4-5-9(12(14)15)10(17)7-8/h4-5,7,17H,2-3,6H2,1H3. The molecule has 0 spiro atoms. The molecule has 0 amide bonds. The maximum atomic E-state index is 11.5. The molecule has 0 bridgehead atoms. The lowest BCUT2D eigenvalue weighted by Gasteiger charge is -2.04. The van der Waals surface area contributed by atoms with E-state index in [4.69, 9.17) is 4.74 Å². The molecule has 0 aliphatic heterocycles. The summed E-state index contributed by atoms with van der Waals surface area (Å²) in [6, 6.07) is 3.96. The highest BCUT2D eigenvalue weighted by Gasteiger charge is 2.14. The smallest absolute Gasteiger partial charge is 0.338 e. The molecule has 0 aromatic heterocycles. The van der Waals surface area contributed by atoms with Gasteiger partial charge >= 0.3 is 5.97 Å². The van der Waals surface area contributed by atoms with E-state index in [1.54, 1.807) is 0 Å². The van der Waals surface area contributed by atoms with Crippen molar-refractivity contribution in [3.05, 3.63) is 33.9 Å². The molecule has 0 atom stereocenters. The van der Waals surface area contributed by atoms with Crippen LogP contribution in [0.2, 0.25) is 0 Å². The fraction of sp³-hybridized carbons (Fsp3) is 0.364. The van der Waals surface area contributed by atoms with Crippen molar-refractivity contribution in [2.24, 2.45) is 0 Å². The first kappa shape index (κ1) is 13.5. The first-order valence-corrected chi connectivity index (χ1v) is 5.65. The van der Waals surface area contributed by atoms with E-state index in [0.29, 0.717) is 6.61 Å². The predicted molar refractivity (Wildman–Crippen MR) is 65.5 cm³/mol. The van der Waals surface area contributed by atoms with E-state index in [0.717, 1.165) is 12.8 Å². The number of rotatable bonds is 5. The highest BCUT2D eigenvalue weighted by molar-refractivity contribution is 7.80. The van der Waals surface area contributed by atoms with Crippen LogP contribution in [0.1, 0.15) is 30.1 Å². The summed E-state index contributed by atoms with van der Waals surface area (Å²) in [5.41, 5.74) is 0.148. The number of benzene rings is 1. The lowest BCUT2D eigenvalue weighted by molar-refractivity contribution is -0.387. The van der Waals surface area contributed by atoms with Gasteiger partial charge in [-0.05, 0) is 18.6 Å². The molecule has 17 heavy (non-hydrogen) atoms. The Labute approximate surface area is 104 Å². The van der Waals surface area contributed by atoms with Crippen LogP contribution in [-0.4, -0.2) is 17.5 Å². The predicted octanol–water partition coefficient (Wildman–Crippen LogP) is 2.84. The van der Waals surface area contributed by atoms with Gasteiger partial charge in [0.25, 0.3) is 5.69 Å². The third-order valence-corrected chi connectivity index (χ3v) is 2.50. The second-order valence-corrected chi connectivity index (χ2v) is 3.93. The molecule has 1 aromatic rings. The number of nitro benzene ring substituents is 1. The minimum atomic E-state index is -0.547. The number of hydrogen-bond donors (Lipinski definition) is 1. The minimum Gasteiger partial charge on any atom is -0.462 e. The molecular formula is C11H13NO4S. The van der Waals surface area contributed by atoms with Crippen molar-refractivity contribution in [1.82, 2.24) is 0 Å². The topological polar surface area (TPSA) is 69.4 Å². The lowest BCUT2D eigenvalue weighted by Crippen LogP contribution is -2.06. The first-order valence-electron chi connectivity index (χ1n) is 5.20. The number of unbranched alkanes of at least 4 members (excludes halogenated alkanes) is 1. The first-order chi connectivity index (χ1) is 8.06. The molecule has 5 nitrogen and oxygen atoms in total. The summed E-state index contributed by atoms with van der Waals surface area (Å²) in [7, 11) is 0. The average Bonchev–Trinajstić information content (AvgIpc) is 2.28. The van der Waals surface area contributed by atoms with Gasteiger partial charge < -0.3 is 4.74 Å². The Morgan fingerprint density at radius 2 is 2.24 bits per heavy atom. The van der Waals surface area contributed by atoms with Crippen LogP contribution >= 0.6 is 12.6 Å². The summed E-state index contributed by atoms with van der Waals surface area (Å²) in [6.45, 7) is 2.35. The molecule has 1 aromatic carbocycles. The van der Waals surface area contributed by atoms with Gasteiger partial charge in [-0.25, -0.2) is 4.79 Å². The van der Waals surface area contributed by atoms with Gasteiger partial charge in [0.15, 0.2) is 0 Å². The number of thiol groups is 1. The number of nitro groups is 1. The van der Waals surface area contributed by atoms with Crippen molar-refractivity contribution < 1.29 is 14.5 Å². The minimum absolute atomic E-state index is 0.126. The largest absolute Gasteiger partial charge is 0.462 e. The Hall–Kier alpha value is -1.56. The van der Waals surface area contributed by atoms with Crippen LogP contribution < -0.4 is 0 Å². The quantitative estimate of drug-likeness (QED) is 0.289. The van der Waals surface area contributed by atoms with Gasteiger partial charge in [0, 0.05) is 6.07 Å². The number of esters is 1. The summed E-state index contributed by atoms with van der Waals surface area (Å²) >= 11 is 3.96. The van der Waals surface area contributed by atoms with E-state index in [2.05, 4.69) is 12.6 Å². The molecule has 92 valence electrons. The van der Waals surface area contributed by atoms with Gasteiger partial charge in [0.05, 0.1) is 22.0 Å². The van der Waals surface area contributed by atoms with Crippen LogP contribution in [0.25, 0.3) is 0 Å². The maximum Gasteiger partial charge on any atom is 0.338 e. The Morgan fingerprint density at radius 1 is 1.53 bits per heavy atom. The van der Waals surface area contributed by atoms with Gasteiger partial charge in [0.1, 0.15) is 0 Å². The monoisotopic (exact) mass is 255 g/mol. The van der Waals surface area contributed by atoms with Gasteiger partial charge in [-0.1, -0.05) is 13.3 Å². The zero-order valence-corrected chi connectivity index (χ0v) is 10.3.